The van der Waals surface area contributed by atoms with Gasteiger partial charge in [-0.2, -0.15) is 0 Å². The van der Waals surface area contributed by atoms with Crippen LogP contribution in [0.5, 0.6) is 5.75 Å². The third-order valence-electron chi connectivity index (χ3n) is 5.10. The zero-order valence-electron chi connectivity index (χ0n) is 16.0. The molecule has 0 aliphatic carbocycles. The van der Waals surface area contributed by atoms with Crippen molar-refractivity contribution in [2.45, 2.75) is 12.8 Å². The Labute approximate surface area is 188 Å². The lowest BCUT2D eigenvalue weighted by Crippen LogP contribution is -2.19. The van der Waals surface area contributed by atoms with Crippen LogP contribution in [0.4, 0.5) is 0 Å². The number of amides is 1. The average molecular weight is 448 g/mol. The lowest BCUT2D eigenvalue weighted by atomic mass is 9.81. The lowest BCUT2D eigenvalue weighted by molar-refractivity contribution is -0.115. The average Bonchev–Trinajstić information content (AvgIpc) is 3.38. The Morgan fingerprint density at radius 1 is 1.07 bits per heavy atom. The van der Waals surface area contributed by atoms with Gasteiger partial charge in [0.15, 0.2) is 0 Å². The number of ether oxygens (including phenoxy) is 1. The second-order valence-electron chi connectivity index (χ2n) is 7.10. The van der Waals surface area contributed by atoms with Gasteiger partial charge in [-0.25, -0.2) is 0 Å². The third kappa shape index (κ3) is 3.51. The molecule has 30 heavy (non-hydrogen) atoms. The van der Waals surface area contributed by atoms with Crippen molar-refractivity contribution in [2.75, 3.05) is 0 Å². The van der Waals surface area contributed by atoms with Crippen LogP contribution in [0.25, 0.3) is 5.76 Å². The first kappa shape index (κ1) is 19.3. The van der Waals surface area contributed by atoms with Gasteiger partial charge in [0.25, 0.3) is 5.91 Å². The van der Waals surface area contributed by atoms with E-state index in [4.69, 9.17) is 17.0 Å². The number of para-hydroxylation sites is 1. The minimum atomic E-state index is -0.162. The molecule has 1 aromatic heterocycles. The second kappa shape index (κ2) is 7.87. The maximum Gasteiger partial charge on any atom is 0.263 e. The van der Waals surface area contributed by atoms with Gasteiger partial charge < -0.3 is 10.1 Å². The molecule has 1 N–H and O–H groups in total. The maximum absolute atomic E-state index is 12.4. The number of hydrogen-bond donors (Lipinski definition) is 1. The van der Waals surface area contributed by atoms with Crippen molar-refractivity contribution < 1.29 is 9.53 Å². The molecule has 3 nitrogen and oxygen atoms in total. The predicted molar refractivity (Wildman–Crippen MR) is 128 cm³/mol. The molecule has 2 aromatic carbocycles. The molecule has 0 radical (unpaired) electrons. The first-order valence-corrected chi connectivity index (χ1v) is 11.6. The number of hydrogen-bond acceptors (Lipinski definition) is 5. The number of thiophene rings is 1. The molecule has 3 heterocycles. The first-order valence-electron chi connectivity index (χ1n) is 9.46. The molecule has 5 rings (SSSR count). The molecule has 2 aliphatic rings. The van der Waals surface area contributed by atoms with E-state index in [0.29, 0.717) is 9.23 Å². The minimum Gasteiger partial charge on any atom is -0.455 e. The van der Waals surface area contributed by atoms with Crippen molar-refractivity contribution >= 4 is 51.3 Å². The molecule has 1 amide bonds. The second-order valence-corrected chi connectivity index (χ2v) is 9.76. The molecule has 0 unspecified atom stereocenters. The van der Waals surface area contributed by atoms with Crippen molar-refractivity contribution in [3.8, 4) is 5.75 Å². The van der Waals surface area contributed by atoms with Crippen molar-refractivity contribution in [3.63, 3.8) is 0 Å². The molecular weight excluding hydrogens is 430 g/mol. The van der Waals surface area contributed by atoms with Gasteiger partial charge in [0, 0.05) is 17.1 Å². The number of aryl methyl sites for hydroxylation is 1. The van der Waals surface area contributed by atoms with Crippen LogP contribution in [0, 0.1) is 6.92 Å². The molecule has 0 saturated carbocycles. The molecule has 6 heteroatoms. The zero-order chi connectivity index (χ0) is 20.7. The number of benzene rings is 2. The number of thiocarbonyl (C=S) groups is 1. The molecule has 0 bridgehead atoms. The monoisotopic (exact) mass is 447 g/mol. The van der Waals surface area contributed by atoms with Gasteiger partial charge in [-0.3, -0.25) is 4.79 Å². The van der Waals surface area contributed by atoms with E-state index >= 15 is 0 Å². The summed E-state index contributed by atoms with van der Waals surface area (Å²) in [5.74, 6) is 1.41. The molecule has 0 spiro atoms. The van der Waals surface area contributed by atoms with Crippen LogP contribution in [-0.4, -0.2) is 10.2 Å². The highest BCUT2D eigenvalue weighted by Crippen LogP contribution is 2.47. The van der Waals surface area contributed by atoms with Crippen LogP contribution < -0.4 is 10.1 Å². The fraction of sp³-hybridized carbons (Fsp3) is 0.0833. The number of rotatable bonds is 3. The van der Waals surface area contributed by atoms with Gasteiger partial charge in [-0.1, -0.05) is 78.1 Å². The maximum atomic E-state index is 12.4. The van der Waals surface area contributed by atoms with Crippen LogP contribution in [-0.2, 0) is 4.79 Å². The Balaban J connectivity index is 1.77. The van der Waals surface area contributed by atoms with Crippen LogP contribution in [0.2, 0.25) is 0 Å². The van der Waals surface area contributed by atoms with E-state index in [9.17, 15) is 4.79 Å². The predicted octanol–water partition coefficient (Wildman–Crippen LogP) is 6.02. The Bertz CT molecular complexity index is 1210. The number of nitrogens with one attached hydrogen (secondary N) is 1. The van der Waals surface area contributed by atoms with Gasteiger partial charge in [-0.05, 0) is 36.1 Å². The molecule has 1 atom stereocenters. The van der Waals surface area contributed by atoms with E-state index in [1.165, 1.54) is 17.3 Å². The summed E-state index contributed by atoms with van der Waals surface area (Å²) in [5, 5.41) is 4.75. The summed E-state index contributed by atoms with van der Waals surface area (Å²) >= 11 is 8.11. The van der Waals surface area contributed by atoms with E-state index in [0.717, 1.165) is 33.1 Å². The number of carbonyl (C=O) groups excluding carboxylic acids is 1. The van der Waals surface area contributed by atoms with Crippen molar-refractivity contribution in [2.24, 2.45) is 0 Å². The highest BCUT2D eigenvalue weighted by Gasteiger charge is 2.33. The fourth-order valence-corrected chi connectivity index (χ4v) is 5.47. The molecule has 2 aliphatic heterocycles. The summed E-state index contributed by atoms with van der Waals surface area (Å²) in [6.45, 7) is 2.08. The summed E-state index contributed by atoms with van der Waals surface area (Å²) < 4.78 is 6.89. The normalized spacial score (nSPS) is 19.6. The lowest BCUT2D eigenvalue weighted by Gasteiger charge is -2.30. The van der Waals surface area contributed by atoms with Crippen molar-refractivity contribution in [1.29, 1.82) is 0 Å². The first-order chi connectivity index (χ1) is 14.6. The topological polar surface area (TPSA) is 38.3 Å². The Morgan fingerprint density at radius 2 is 1.87 bits per heavy atom. The van der Waals surface area contributed by atoms with Gasteiger partial charge in [0.1, 0.15) is 15.8 Å². The van der Waals surface area contributed by atoms with Crippen LogP contribution in [0.15, 0.2) is 82.6 Å². The Kier molecular flexibility index (Phi) is 5.06. The van der Waals surface area contributed by atoms with E-state index in [1.807, 2.05) is 41.8 Å². The summed E-state index contributed by atoms with van der Waals surface area (Å²) in [5.41, 5.74) is 4.41. The van der Waals surface area contributed by atoms with Crippen LogP contribution in [0.3, 0.4) is 0 Å². The van der Waals surface area contributed by atoms with E-state index in [1.54, 1.807) is 11.3 Å². The number of carbonyl (C=O) groups is 1. The largest absolute Gasteiger partial charge is 0.455 e. The summed E-state index contributed by atoms with van der Waals surface area (Å²) in [6, 6.07) is 20.7. The Hall–Kier alpha value is -2.67. The van der Waals surface area contributed by atoms with E-state index in [-0.39, 0.29) is 11.8 Å². The zero-order valence-corrected chi connectivity index (χ0v) is 18.5. The highest BCUT2D eigenvalue weighted by atomic mass is 32.2. The van der Waals surface area contributed by atoms with E-state index < -0.39 is 0 Å². The molecule has 148 valence electrons. The number of fused-ring (bicyclic) bond motifs is 1. The molecule has 3 aromatic rings. The van der Waals surface area contributed by atoms with Gasteiger partial charge in [-0.15, -0.1) is 11.3 Å². The summed E-state index contributed by atoms with van der Waals surface area (Å²) in [4.78, 5) is 14.1. The summed E-state index contributed by atoms with van der Waals surface area (Å²) in [6.07, 6.45) is 1.94. The number of thioether (sulfide) groups is 1. The highest BCUT2D eigenvalue weighted by molar-refractivity contribution is 8.26. The van der Waals surface area contributed by atoms with Crippen LogP contribution >= 0.6 is 35.3 Å². The quantitative estimate of drug-likeness (QED) is 0.393. The summed E-state index contributed by atoms with van der Waals surface area (Å²) in [7, 11) is 0. The van der Waals surface area contributed by atoms with Crippen molar-refractivity contribution in [3.05, 3.63) is 104 Å². The smallest absolute Gasteiger partial charge is 0.263 e. The Morgan fingerprint density at radius 3 is 2.57 bits per heavy atom. The van der Waals surface area contributed by atoms with E-state index in [2.05, 4.69) is 42.6 Å². The standard InChI is InChI=1S/C24H17NO2S3/c1-14-8-10-15(11-9-14)21-16-5-2-3-6-18(16)27-22(19-7-4-12-29-19)17(21)13-20-23(26)25-24(28)30-20/h2-13,21H,1H3,(H,25,26,28)/b20-13+/t21-/m1/s1. The van der Waals surface area contributed by atoms with Gasteiger partial charge in [0.2, 0.25) is 0 Å². The third-order valence-corrected chi connectivity index (χ3v) is 7.13. The molecular formula is C24H17NO2S3. The molecule has 1 fully saturated rings. The number of allylic oxidation sites excluding steroid dienone is 2. The van der Waals surface area contributed by atoms with Crippen molar-refractivity contribution in [1.82, 2.24) is 5.32 Å². The molecule has 1 saturated heterocycles. The van der Waals surface area contributed by atoms with Crippen LogP contribution in [0.1, 0.15) is 27.5 Å². The fourth-order valence-electron chi connectivity index (χ4n) is 3.71. The minimum absolute atomic E-state index is 0.0530. The van der Waals surface area contributed by atoms with Gasteiger partial charge >= 0.3 is 0 Å². The van der Waals surface area contributed by atoms with Gasteiger partial charge in [0.05, 0.1) is 9.78 Å². The SMILES string of the molecule is Cc1ccc([C@H]2C(/C=C3/SC(=S)NC3=O)=C(c3cccs3)Oc3ccccc32)cc1.